The van der Waals surface area contributed by atoms with Crippen LogP contribution >= 0.6 is 0 Å². The molecule has 5 rings (SSSR count). The molecule has 2 aromatic carbocycles. The highest BCUT2D eigenvalue weighted by atomic mass is 32.2. The lowest BCUT2D eigenvalue weighted by atomic mass is 9.55. The lowest BCUT2D eigenvalue weighted by Gasteiger charge is -2.48. The number of hydrogen-bond donors (Lipinski definition) is 0. The van der Waals surface area contributed by atoms with Crippen LogP contribution in [-0.4, -0.2) is 14.2 Å². The molecule has 4 nitrogen and oxygen atoms in total. The molecule has 0 aliphatic heterocycles. The van der Waals surface area contributed by atoms with Gasteiger partial charge in [0.05, 0.1) is 5.41 Å². The van der Waals surface area contributed by atoms with Crippen molar-refractivity contribution < 1.29 is 17.4 Å². The Morgan fingerprint density at radius 1 is 1.03 bits per heavy atom. The Hall–Kier alpha value is -2.40. The molecule has 0 unspecified atom stereocenters. The van der Waals surface area contributed by atoms with Crippen molar-refractivity contribution in [3.8, 4) is 5.75 Å². The van der Waals surface area contributed by atoms with Crippen LogP contribution in [0.2, 0.25) is 0 Å². The minimum absolute atomic E-state index is 0.124. The predicted octanol–water partition coefficient (Wildman–Crippen LogP) is 5.49. The van der Waals surface area contributed by atoms with Crippen LogP contribution in [0.15, 0.2) is 53.9 Å². The van der Waals surface area contributed by atoms with E-state index in [1.165, 1.54) is 11.1 Å². The lowest BCUT2D eigenvalue weighted by molar-refractivity contribution is -0.129. The van der Waals surface area contributed by atoms with Crippen molar-refractivity contribution in [2.24, 2.45) is 17.3 Å². The smallest absolute Gasteiger partial charge is 0.332 e. The van der Waals surface area contributed by atoms with Crippen LogP contribution in [-0.2, 0) is 21.3 Å². The Bertz CT molecular complexity index is 1140. The van der Waals surface area contributed by atoms with E-state index in [0.717, 1.165) is 49.5 Å². The molecule has 0 amide bonds. The summed E-state index contributed by atoms with van der Waals surface area (Å²) in [7, 11) is -3.83. The molecule has 0 heterocycles. The molecule has 2 saturated carbocycles. The Balaban J connectivity index is 1.34. The first-order chi connectivity index (χ1) is 14.9. The van der Waals surface area contributed by atoms with Gasteiger partial charge in [-0.2, -0.15) is 8.42 Å². The summed E-state index contributed by atoms with van der Waals surface area (Å²) >= 11 is 0. The second-order valence-corrected chi connectivity index (χ2v) is 10.9. The zero-order valence-electron chi connectivity index (χ0n) is 17.8. The van der Waals surface area contributed by atoms with Gasteiger partial charge in [0.15, 0.2) is 0 Å². The molecule has 4 atom stereocenters. The van der Waals surface area contributed by atoms with Crippen molar-refractivity contribution in [2.45, 2.75) is 51.4 Å². The number of aryl methyl sites for hydroxylation is 1. The number of rotatable bonds is 4. The summed E-state index contributed by atoms with van der Waals surface area (Å²) in [6.07, 6.45) is 7.28. The summed E-state index contributed by atoms with van der Waals surface area (Å²) in [5, 5.41) is 1.11. The summed E-state index contributed by atoms with van der Waals surface area (Å²) in [5.74, 6) is 2.34. The van der Waals surface area contributed by atoms with Crippen molar-refractivity contribution >= 4 is 22.0 Å². The lowest BCUT2D eigenvalue weighted by Crippen LogP contribution is -2.42. The van der Waals surface area contributed by atoms with Gasteiger partial charge in [0.2, 0.25) is 0 Å². The molecule has 0 saturated heterocycles. The number of fused-ring (bicyclic) bond motifs is 5. The summed E-state index contributed by atoms with van der Waals surface area (Å²) < 4.78 is 30.2. The Kier molecular flexibility index (Phi) is 5.04. The van der Waals surface area contributed by atoms with Gasteiger partial charge in [0.1, 0.15) is 11.5 Å². The molecule has 3 aliphatic carbocycles. The van der Waals surface area contributed by atoms with E-state index in [0.29, 0.717) is 29.3 Å². The zero-order valence-corrected chi connectivity index (χ0v) is 18.6. The molecule has 0 N–H and O–H groups in total. The van der Waals surface area contributed by atoms with Crippen LogP contribution in [0.3, 0.4) is 0 Å². The minimum Gasteiger partial charge on any atom is -0.379 e. The summed E-state index contributed by atoms with van der Waals surface area (Å²) in [6, 6.07) is 15.0. The predicted molar refractivity (Wildman–Crippen MR) is 121 cm³/mol. The molecule has 0 bridgehead atoms. The standard InChI is InChI=1S/C26H28O4S/c1-26-15-13-22-21-10-8-20(30-31(28,29)16-14-18-5-3-2-4-6-18)17-19(21)7-9-23(22)24(26)11-12-25(26)27/h2-6,8,10,14,16-17,22-24H,7,9,11-13,15H2,1H3/b16-14+/t22-,23-,24+,26+/m1/s1. The first-order valence-corrected chi connectivity index (χ1v) is 12.7. The van der Waals surface area contributed by atoms with Crippen molar-refractivity contribution in [3.05, 3.63) is 70.6 Å². The molecule has 2 fully saturated rings. The monoisotopic (exact) mass is 436 g/mol. The normalized spacial score (nSPS) is 30.0. The van der Waals surface area contributed by atoms with Crippen LogP contribution in [0, 0.1) is 17.3 Å². The maximum absolute atomic E-state index is 12.5. The van der Waals surface area contributed by atoms with Gasteiger partial charge in [-0.15, -0.1) is 0 Å². The minimum atomic E-state index is -3.83. The zero-order chi connectivity index (χ0) is 21.6. The van der Waals surface area contributed by atoms with Crippen molar-refractivity contribution in [3.63, 3.8) is 0 Å². The largest absolute Gasteiger partial charge is 0.379 e. The van der Waals surface area contributed by atoms with Crippen molar-refractivity contribution in [1.82, 2.24) is 0 Å². The molecular weight excluding hydrogens is 408 g/mol. The van der Waals surface area contributed by atoms with Crippen LogP contribution in [0.25, 0.3) is 6.08 Å². The Morgan fingerprint density at radius 2 is 1.84 bits per heavy atom. The second-order valence-electron chi connectivity index (χ2n) is 9.48. The first-order valence-electron chi connectivity index (χ1n) is 11.2. The van der Waals surface area contributed by atoms with E-state index >= 15 is 0 Å². The van der Waals surface area contributed by atoms with E-state index in [2.05, 4.69) is 13.0 Å². The van der Waals surface area contributed by atoms with E-state index < -0.39 is 10.1 Å². The topological polar surface area (TPSA) is 60.4 Å². The Morgan fingerprint density at radius 3 is 2.65 bits per heavy atom. The number of Topliss-reactive ketones (excluding diaryl/α,β-unsaturated/α-hetero) is 1. The van der Waals surface area contributed by atoms with Gasteiger partial charge >= 0.3 is 10.1 Å². The summed E-state index contributed by atoms with van der Waals surface area (Å²) in [5.41, 5.74) is 3.19. The van der Waals surface area contributed by atoms with Gasteiger partial charge in [0.25, 0.3) is 0 Å². The molecule has 0 spiro atoms. The van der Waals surface area contributed by atoms with Gasteiger partial charge in [-0.25, -0.2) is 0 Å². The molecule has 31 heavy (non-hydrogen) atoms. The molecule has 162 valence electrons. The van der Waals surface area contributed by atoms with Gasteiger partial charge in [-0.05, 0) is 84.8 Å². The molecule has 0 aromatic heterocycles. The molecular formula is C26H28O4S. The third-order valence-corrected chi connectivity index (χ3v) is 8.74. The number of ketones is 1. The van der Waals surface area contributed by atoms with Crippen LogP contribution in [0.1, 0.15) is 61.6 Å². The molecule has 3 aliphatic rings. The number of hydrogen-bond acceptors (Lipinski definition) is 4. The third kappa shape index (κ3) is 3.73. The van der Waals surface area contributed by atoms with Crippen molar-refractivity contribution in [2.75, 3.05) is 0 Å². The third-order valence-electron chi connectivity index (χ3n) is 7.85. The molecule has 0 radical (unpaired) electrons. The average molecular weight is 437 g/mol. The van der Waals surface area contributed by atoms with Gasteiger partial charge < -0.3 is 4.18 Å². The Labute approximate surface area is 184 Å². The van der Waals surface area contributed by atoms with E-state index in [9.17, 15) is 13.2 Å². The molecule has 5 heteroatoms. The quantitative estimate of drug-likeness (QED) is 0.595. The average Bonchev–Trinajstić information content (AvgIpc) is 3.07. The number of benzene rings is 2. The van der Waals surface area contributed by atoms with Crippen LogP contribution < -0.4 is 4.18 Å². The van der Waals surface area contributed by atoms with Gasteiger partial charge in [0, 0.05) is 11.8 Å². The summed E-state index contributed by atoms with van der Waals surface area (Å²) in [4.78, 5) is 12.5. The number of carbonyl (C=O) groups is 1. The van der Waals surface area contributed by atoms with E-state index in [1.54, 1.807) is 12.1 Å². The maximum atomic E-state index is 12.5. The maximum Gasteiger partial charge on any atom is 0.332 e. The first kappa shape index (κ1) is 20.5. The fraction of sp³-hybridized carbons (Fsp3) is 0.423. The SMILES string of the molecule is C[C@]12CC[C@@H]3c4ccc(OS(=O)(=O)/C=C/c5ccccc5)cc4CC[C@H]3[C@@H]1CCC2=O. The van der Waals surface area contributed by atoms with Gasteiger partial charge in [-0.3, -0.25) is 4.79 Å². The van der Waals surface area contributed by atoms with E-state index in [4.69, 9.17) is 4.18 Å². The van der Waals surface area contributed by atoms with Gasteiger partial charge in [-0.1, -0.05) is 43.3 Å². The number of carbonyl (C=O) groups excluding carboxylic acids is 1. The molecule has 2 aromatic rings. The highest BCUT2D eigenvalue weighted by Gasteiger charge is 2.54. The fourth-order valence-electron chi connectivity index (χ4n) is 6.27. The van der Waals surface area contributed by atoms with Crippen LogP contribution in [0.4, 0.5) is 0 Å². The fourth-order valence-corrected chi connectivity index (χ4v) is 7.02. The van der Waals surface area contributed by atoms with Crippen LogP contribution in [0.5, 0.6) is 5.75 Å². The highest BCUT2D eigenvalue weighted by molar-refractivity contribution is 7.90. The second kappa shape index (κ2) is 7.63. The summed E-state index contributed by atoms with van der Waals surface area (Å²) in [6.45, 7) is 2.18. The van der Waals surface area contributed by atoms with E-state index in [-0.39, 0.29) is 5.41 Å². The van der Waals surface area contributed by atoms with E-state index in [1.807, 2.05) is 36.4 Å². The van der Waals surface area contributed by atoms with Crippen molar-refractivity contribution in [1.29, 1.82) is 0 Å². The highest BCUT2D eigenvalue weighted by Crippen LogP contribution is 2.59.